The molecule has 0 atom stereocenters. The second-order valence-electron chi connectivity index (χ2n) is 10.4. The molecule has 42 heavy (non-hydrogen) atoms. The Morgan fingerprint density at radius 1 is 0.310 bits per heavy atom. The van der Waals surface area contributed by atoms with Gasteiger partial charge in [-0.3, -0.25) is 0 Å². The molecule has 4 heterocycles. The van der Waals surface area contributed by atoms with E-state index in [0.717, 1.165) is 89.7 Å². The average molecular weight is 543 g/mol. The number of para-hydroxylation sites is 8. The van der Waals surface area contributed by atoms with Gasteiger partial charge in [-0.25, -0.2) is 19.9 Å². The molecule has 0 aliphatic rings. The zero-order valence-corrected chi connectivity index (χ0v) is 22.2. The van der Waals surface area contributed by atoms with Crippen LogP contribution in [0.15, 0.2) is 109 Å². The molecule has 0 amide bonds. The quantitative estimate of drug-likeness (QED) is 0.181. The topological polar surface area (TPSA) is 115 Å². The summed E-state index contributed by atoms with van der Waals surface area (Å²) in [5.74, 6) is 3.00. The molecule has 0 fully saturated rings. The molecule has 0 aliphatic heterocycles. The van der Waals surface area contributed by atoms with E-state index in [9.17, 15) is 0 Å². The minimum atomic E-state index is 0.750. The van der Waals surface area contributed by atoms with Crippen LogP contribution in [-0.2, 0) is 0 Å². The summed E-state index contributed by atoms with van der Waals surface area (Å²) in [5, 5.41) is 0. The Morgan fingerprint density at radius 2 is 0.548 bits per heavy atom. The van der Waals surface area contributed by atoms with Crippen molar-refractivity contribution in [2.45, 2.75) is 0 Å². The van der Waals surface area contributed by atoms with E-state index in [1.54, 1.807) is 0 Å². The Hall–Kier alpha value is -6.02. The maximum absolute atomic E-state index is 4.99. The fraction of sp³-hybridized carbons (Fsp3) is 0. The van der Waals surface area contributed by atoms with Gasteiger partial charge in [0.25, 0.3) is 0 Å². The molecule has 0 unspecified atom stereocenters. The molecule has 4 aromatic heterocycles. The Balaban J connectivity index is 1.38. The van der Waals surface area contributed by atoms with Crippen LogP contribution in [-0.4, -0.2) is 39.9 Å². The van der Waals surface area contributed by atoms with Crippen molar-refractivity contribution in [2.75, 3.05) is 0 Å². The lowest BCUT2D eigenvalue weighted by molar-refractivity contribution is 1.27. The molecule has 8 heteroatoms. The SMILES string of the molecule is c1ccc2[nH]c(-c3cc(-c4nc5ccccc5[nH]4)c(-c4nc5ccccc5[nH]4)cc3-c3nc4ccccc4[nH]3)nc2c1. The number of imidazole rings is 4. The van der Waals surface area contributed by atoms with Gasteiger partial charge in [0.05, 0.1) is 44.1 Å². The van der Waals surface area contributed by atoms with Crippen LogP contribution in [0.3, 0.4) is 0 Å². The van der Waals surface area contributed by atoms with Crippen LogP contribution < -0.4 is 0 Å². The van der Waals surface area contributed by atoms with Gasteiger partial charge < -0.3 is 19.9 Å². The number of hydrogen-bond donors (Lipinski definition) is 4. The third-order valence-electron chi connectivity index (χ3n) is 7.74. The molecule has 0 saturated heterocycles. The first-order valence-electron chi connectivity index (χ1n) is 13.8. The lowest BCUT2D eigenvalue weighted by Crippen LogP contribution is -1.96. The van der Waals surface area contributed by atoms with Crippen LogP contribution in [0, 0.1) is 0 Å². The van der Waals surface area contributed by atoms with Crippen LogP contribution in [0.25, 0.3) is 89.7 Å². The highest BCUT2D eigenvalue weighted by atomic mass is 15.0. The van der Waals surface area contributed by atoms with Crippen molar-refractivity contribution in [3.63, 3.8) is 0 Å². The van der Waals surface area contributed by atoms with Crippen molar-refractivity contribution in [1.82, 2.24) is 39.9 Å². The minimum absolute atomic E-state index is 0.750. The van der Waals surface area contributed by atoms with Gasteiger partial charge in [-0.2, -0.15) is 0 Å². The number of benzene rings is 5. The lowest BCUT2D eigenvalue weighted by Gasteiger charge is -2.13. The Labute approximate surface area is 238 Å². The Bertz CT molecular complexity index is 1970. The van der Waals surface area contributed by atoms with Gasteiger partial charge in [0, 0.05) is 22.3 Å². The molecule has 9 aromatic rings. The van der Waals surface area contributed by atoms with E-state index in [0.29, 0.717) is 0 Å². The second-order valence-corrected chi connectivity index (χ2v) is 10.4. The largest absolute Gasteiger partial charge is 0.338 e. The fourth-order valence-corrected chi connectivity index (χ4v) is 5.70. The predicted molar refractivity (Wildman–Crippen MR) is 167 cm³/mol. The van der Waals surface area contributed by atoms with E-state index < -0.39 is 0 Å². The summed E-state index contributed by atoms with van der Waals surface area (Å²) in [6, 6.07) is 36.5. The van der Waals surface area contributed by atoms with Crippen molar-refractivity contribution < 1.29 is 0 Å². The number of rotatable bonds is 4. The van der Waals surface area contributed by atoms with Gasteiger partial charge >= 0.3 is 0 Å². The molecule has 0 aliphatic carbocycles. The molecule has 0 saturated carbocycles. The minimum Gasteiger partial charge on any atom is -0.338 e. The Morgan fingerprint density at radius 3 is 0.786 bits per heavy atom. The number of aromatic amines is 4. The van der Waals surface area contributed by atoms with Crippen LogP contribution in [0.1, 0.15) is 0 Å². The predicted octanol–water partition coefficient (Wildman–Crippen LogP) is 7.86. The standard InChI is InChI=1S/C34H22N8/c1-2-10-24-23(9-1)35-31(36-24)19-17-21(33-39-27-13-5-6-14-28(27)40-33)22(34-41-29-15-7-8-16-30(29)42-34)18-20(19)32-37-25-11-3-4-12-26(25)38-32/h1-18H,(H,35,36)(H,37,38)(H,39,40)(H,41,42). The van der Waals surface area contributed by atoms with Crippen molar-refractivity contribution in [2.24, 2.45) is 0 Å². The highest BCUT2D eigenvalue weighted by Gasteiger charge is 2.23. The molecule has 9 rings (SSSR count). The fourth-order valence-electron chi connectivity index (χ4n) is 5.70. The van der Waals surface area contributed by atoms with Gasteiger partial charge in [0.2, 0.25) is 0 Å². The summed E-state index contributed by atoms with van der Waals surface area (Å²) in [4.78, 5) is 34.1. The number of fused-ring (bicyclic) bond motifs is 4. The zero-order valence-electron chi connectivity index (χ0n) is 22.2. The maximum atomic E-state index is 4.99. The van der Waals surface area contributed by atoms with Crippen LogP contribution in [0.5, 0.6) is 0 Å². The molecular formula is C34H22N8. The summed E-state index contributed by atoms with van der Waals surface area (Å²) >= 11 is 0. The lowest BCUT2D eigenvalue weighted by atomic mass is 9.96. The third kappa shape index (κ3) is 3.55. The average Bonchev–Trinajstić information content (AvgIpc) is 3.83. The highest BCUT2D eigenvalue weighted by molar-refractivity contribution is 5.95. The first-order valence-corrected chi connectivity index (χ1v) is 13.8. The molecule has 5 aromatic carbocycles. The van der Waals surface area contributed by atoms with Crippen molar-refractivity contribution >= 4 is 44.1 Å². The van der Waals surface area contributed by atoms with E-state index in [1.807, 2.05) is 97.1 Å². The Kier molecular flexibility index (Phi) is 4.74. The van der Waals surface area contributed by atoms with Gasteiger partial charge in [-0.15, -0.1) is 0 Å². The van der Waals surface area contributed by atoms with Gasteiger partial charge in [-0.05, 0) is 60.7 Å². The number of H-pyrrole nitrogens is 4. The summed E-state index contributed by atoms with van der Waals surface area (Å²) in [5.41, 5.74) is 11.1. The van der Waals surface area contributed by atoms with E-state index in [2.05, 4.69) is 32.1 Å². The summed E-state index contributed by atoms with van der Waals surface area (Å²) in [6.45, 7) is 0. The van der Waals surface area contributed by atoms with E-state index in [4.69, 9.17) is 19.9 Å². The van der Waals surface area contributed by atoms with Crippen molar-refractivity contribution in [1.29, 1.82) is 0 Å². The summed E-state index contributed by atoms with van der Waals surface area (Å²) < 4.78 is 0. The molecule has 0 spiro atoms. The first-order chi connectivity index (χ1) is 20.8. The van der Waals surface area contributed by atoms with Gasteiger partial charge in [-0.1, -0.05) is 48.5 Å². The molecule has 4 N–H and O–H groups in total. The molecule has 8 nitrogen and oxygen atoms in total. The smallest absolute Gasteiger partial charge is 0.139 e. The van der Waals surface area contributed by atoms with Gasteiger partial charge in [0.1, 0.15) is 23.3 Å². The van der Waals surface area contributed by atoms with Crippen molar-refractivity contribution in [3.05, 3.63) is 109 Å². The van der Waals surface area contributed by atoms with E-state index >= 15 is 0 Å². The molecular weight excluding hydrogens is 520 g/mol. The van der Waals surface area contributed by atoms with Crippen LogP contribution in [0.4, 0.5) is 0 Å². The van der Waals surface area contributed by atoms with Crippen LogP contribution >= 0.6 is 0 Å². The van der Waals surface area contributed by atoms with Crippen LogP contribution in [0.2, 0.25) is 0 Å². The molecule has 198 valence electrons. The number of nitrogens with zero attached hydrogens (tertiary/aromatic N) is 4. The number of aromatic nitrogens is 8. The number of nitrogens with one attached hydrogen (secondary N) is 4. The normalized spacial score (nSPS) is 11.8. The first kappa shape index (κ1) is 22.8. The van der Waals surface area contributed by atoms with Crippen molar-refractivity contribution in [3.8, 4) is 45.6 Å². The monoisotopic (exact) mass is 542 g/mol. The van der Waals surface area contributed by atoms with Gasteiger partial charge in [0.15, 0.2) is 0 Å². The third-order valence-corrected chi connectivity index (χ3v) is 7.74. The van der Waals surface area contributed by atoms with E-state index in [1.165, 1.54) is 0 Å². The zero-order chi connectivity index (χ0) is 27.6. The summed E-state index contributed by atoms with van der Waals surface area (Å²) in [7, 11) is 0. The summed E-state index contributed by atoms with van der Waals surface area (Å²) in [6.07, 6.45) is 0. The molecule has 0 radical (unpaired) electrons. The van der Waals surface area contributed by atoms with E-state index in [-0.39, 0.29) is 0 Å². The maximum Gasteiger partial charge on any atom is 0.139 e. The highest BCUT2D eigenvalue weighted by Crippen LogP contribution is 2.41. The second kappa shape index (κ2) is 8.74. The number of hydrogen-bond acceptors (Lipinski definition) is 4. The molecule has 0 bridgehead atoms.